The number of nitrogens with zero attached hydrogens (tertiary/aromatic N) is 3. The smallest absolute Gasteiger partial charge is 0.266 e. The van der Waals surface area contributed by atoms with Crippen molar-refractivity contribution in [3.63, 3.8) is 0 Å². The topological polar surface area (TPSA) is 84.3 Å². The van der Waals surface area contributed by atoms with Gasteiger partial charge in [0.2, 0.25) is 10.0 Å². The molecule has 1 saturated carbocycles. The number of benzene rings is 1. The number of rotatable bonds is 8. The van der Waals surface area contributed by atoms with Gasteiger partial charge in [-0.15, -0.1) is 0 Å². The highest BCUT2D eigenvalue weighted by molar-refractivity contribution is 7.89. The molecule has 1 aromatic heterocycles. The van der Waals surface area contributed by atoms with Crippen LogP contribution in [0.3, 0.4) is 0 Å². The minimum atomic E-state index is -3.52. The second kappa shape index (κ2) is 8.89. The summed E-state index contributed by atoms with van der Waals surface area (Å²) in [6, 6.07) is 10.4. The number of aromatic nitrogens is 2. The van der Waals surface area contributed by atoms with Gasteiger partial charge < -0.3 is 4.90 Å². The van der Waals surface area contributed by atoms with Crippen LogP contribution < -0.4 is 15.2 Å². The Morgan fingerprint density at radius 3 is 2.37 bits per heavy atom. The van der Waals surface area contributed by atoms with Gasteiger partial charge in [-0.3, -0.25) is 4.79 Å². The highest BCUT2D eigenvalue weighted by atomic mass is 32.2. The molecule has 0 radical (unpaired) electrons. The summed E-state index contributed by atoms with van der Waals surface area (Å²) in [6.07, 6.45) is 5.74. The van der Waals surface area contributed by atoms with Crippen LogP contribution in [0.2, 0.25) is 0 Å². The Bertz CT molecular complexity index is 1020. The molecular formula is C22H30N4O3S. The van der Waals surface area contributed by atoms with Crippen LogP contribution in [0.5, 0.6) is 0 Å². The molecule has 0 amide bonds. The fourth-order valence-corrected chi connectivity index (χ4v) is 5.23. The van der Waals surface area contributed by atoms with Crippen molar-refractivity contribution in [2.45, 2.75) is 62.9 Å². The van der Waals surface area contributed by atoms with E-state index in [0.29, 0.717) is 43.3 Å². The summed E-state index contributed by atoms with van der Waals surface area (Å²) in [5, 5.41) is 4.54. The van der Waals surface area contributed by atoms with Crippen molar-refractivity contribution in [1.82, 2.24) is 14.5 Å². The molecule has 0 atom stereocenters. The third-order valence-corrected chi connectivity index (χ3v) is 7.43. The molecular weight excluding hydrogens is 400 g/mol. The molecule has 0 bridgehead atoms. The van der Waals surface area contributed by atoms with E-state index in [1.807, 2.05) is 12.1 Å². The first-order valence-corrected chi connectivity index (χ1v) is 12.4. The molecule has 1 aliphatic heterocycles. The predicted octanol–water partition coefficient (Wildman–Crippen LogP) is 2.55. The fourth-order valence-electron chi connectivity index (χ4n) is 3.92. The Kier molecular flexibility index (Phi) is 6.24. The first-order valence-electron chi connectivity index (χ1n) is 10.9. The average molecular weight is 431 g/mol. The molecule has 2 fully saturated rings. The van der Waals surface area contributed by atoms with Crippen LogP contribution >= 0.6 is 0 Å². The molecule has 2 heterocycles. The molecule has 30 heavy (non-hydrogen) atoms. The Hall–Kier alpha value is -2.19. The summed E-state index contributed by atoms with van der Waals surface area (Å²) in [5.74, 6) is 1.38. The highest BCUT2D eigenvalue weighted by Crippen LogP contribution is 2.30. The van der Waals surface area contributed by atoms with Crippen molar-refractivity contribution < 1.29 is 8.42 Å². The number of nitrogens with one attached hydrogen (secondary N) is 1. The standard InChI is InChI=1S/C22H30N4O3S/c1-2-3-17-6-8-20(9-7-17)30(28,29)24-19-12-14-25(15-13-19)21-10-11-22(27)26(23-21)16-18-4-5-18/h6-11,18-19,24H,2-5,12-16H2,1H3. The van der Waals surface area contributed by atoms with Gasteiger partial charge >= 0.3 is 0 Å². The summed E-state index contributed by atoms with van der Waals surface area (Å²) >= 11 is 0. The van der Waals surface area contributed by atoms with E-state index in [0.717, 1.165) is 24.2 Å². The molecule has 1 aromatic carbocycles. The maximum absolute atomic E-state index is 12.7. The van der Waals surface area contributed by atoms with Crippen LogP contribution in [0.25, 0.3) is 0 Å². The van der Waals surface area contributed by atoms with Gasteiger partial charge in [-0.2, -0.15) is 5.10 Å². The number of hydrogen-bond donors (Lipinski definition) is 1. The second-order valence-corrected chi connectivity index (χ2v) is 10.1. The first kappa shape index (κ1) is 21.1. The summed E-state index contributed by atoms with van der Waals surface area (Å²) in [4.78, 5) is 14.5. The van der Waals surface area contributed by atoms with Crippen molar-refractivity contribution >= 4 is 15.8 Å². The molecule has 8 heteroatoms. The van der Waals surface area contributed by atoms with Crippen LogP contribution in [0.15, 0.2) is 46.1 Å². The lowest BCUT2D eigenvalue weighted by Crippen LogP contribution is -2.45. The lowest BCUT2D eigenvalue weighted by atomic mass is 10.1. The Morgan fingerprint density at radius 1 is 1.03 bits per heavy atom. The number of aryl methyl sites for hydroxylation is 1. The first-order chi connectivity index (χ1) is 14.4. The van der Waals surface area contributed by atoms with Crippen molar-refractivity contribution in [3.05, 3.63) is 52.3 Å². The number of anilines is 1. The Labute approximate surface area is 178 Å². The van der Waals surface area contributed by atoms with E-state index in [1.54, 1.807) is 28.9 Å². The largest absolute Gasteiger partial charge is 0.355 e. The number of hydrogen-bond acceptors (Lipinski definition) is 5. The fraction of sp³-hybridized carbons (Fsp3) is 0.545. The molecule has 1 aliphatic carbocycles. The van der Waals surface area contributed by atoms with Crippen molar-refractivity contribution in [2.75, 3.05) is 18.0 Å². The second-order valence-electron chi connectivity index (χ2n) is 8.43. The van der Waals surface area contributed by atoms with E-state index in [9.17, 15) is 13.2 Å². The minimum absolute atomic E-state index is 0.0572. The quantitative estimate of drug-likeness (QED) is 0.696. The van der Waals surface area contributed by atoms with Gasteiger partial charge in [0, 0.05) is 31.7 Å². The van der Waals surface area contributed by atoms with Gasteiger partial charge in [-0.25, -0.2) is 17.8 Å². The van der Waals surface area contributed by atoms with Crippen LogP contribution in [0, 0.1) is 5.92 Å². The SMILES string of the molecule is CCCc1ccc(S(=O)(=O)NC2CCN(c3ccc(=O)n(CC4CC4)n3)CC2)cc1. The van der Waals surface area contributed by atoms with E-state index < -0.39 is 10.0 Å². The molecule has 1 N–H and O–H groups in total. The zero-order chi connectivity index (χ0) is 21.1. The van der Waals surface area contributed by atoms with Gasteiger partial charge in [-0.05, 0) is 61.8 Å². The lowest BCUT2D eigenvalue weighted by molar-refractivity contribution is 0.452. The van der Waals surface area contributed by atoms with E-state index >= 15 is 0 Å². The normalized spacial score (nSPS) is 18.0. The third kappa shape index (κ3) is 5.10. The predicted molar refractivity (Wildman–Crippen MR) is 117 cm³/mol. The molecule has 1 saturated heterocycles. The summed E-state index contributed by atoms with van der Waals surface area (Å²) in [7, 11) is -3.52. The minimum Gasteiger partial charge on any atom is -0.355 e. The van der Waals surface area contributed by atoms with E-state index in [2.05, 4.69) is 21.6 Å². The molecule has 4 rings (SSSR count). The monoisotopic (exact) mass is 430 g/mol. The van der Waals surface area contributed by atoms with Crippen molar-refractivity contribution in [2.24, 2.45) is 5.92 Å². The number of piperidine rings is 1. The zero-order valence-electron chi connectivity index (χ0n) is 17.5. The number of sulfonamides is 1. The molecule has 2 aromatic rings. The summed E-state index contributed by atoms with van der Waals surface area (Å²) in [6.45, 7) is 4.21. The Balaban J connectivity index is 1.35. The molecule has 0 spiro atoms. The van der Waals surface area contributed by atoms with Gasteiger partial charge in [0.25, 0.3) is 5.56 Å². The van der Waals surface area contributed by atoms with Gasteiger partial charge in [0.1, 0.15) is 5.82 Å². The van der Waals surface area contributed by atoms with Crippen molar-refractivity contribution in [3.8, 4) is 0 Å². The average Bonchev–Trinajstić information content (AvgIpc) is 3.55. The van der Waals surface area contributed by atoms with Crippen LogP contribution in [-0.2, 0) is 23.0 Å². The Morgan fingerprint density at radius 2 is 1.73 bits per heavy atom. The summed E-state index contributed by atoms with van der Waals surface area (Å²) in [5.41, 5.74) is 1.10. The summed E-state index contributed by atoms with van der Waals surface area (Å²) < 4.78 is 29.9. The van der Waals surface area contributed by atoms with E-state index in [-0.39, 0.29) is 11.6 Å². The maximum atomic E-state index is 12.7. The third-order valence-electron chi connectivity index (χ3n) is 5.89. The molecule has 0 unspecified atom stereocenters. The maximum Gasteiger partial charge on any atom is 0.266 e. The van der Waals surface area contributed by atoms with E-state index in [1.165, 1.54) is 12.8 Å². The van der Waals surface area contributed by atoms with Crippen LogP contribution in [0.4, 0.5) is 5.82 Å². The van der Waals surface area contributed by atoms with Gasteiger partial charge in [0.05, 0.1) is 4.90 Å². The van der Waals surface area contributed by atoms with Gasteiger partial charge in [-0.1, -0.05) is 25.5 Å². The van der Waals surface area contributed by atoms with Gasteiger partial charge in [0.15, 0.2) is 0 Å². The molecule has 7 nitrogen and oxygen atoms in total. The van der Waals surface area contributed by atoms with Crippen molar-refractivity contribution in [1.29, 1.82) is 0 Å². The lowest BCUT2D eigenvalue weighted by Gasteiger charge is -2.33. The van der Waals surface area contributed by atoms with Crippen LogP contribution in [0.1, 0.15) is 44.6 Å². The molecule has 2 aliphatic rings. The van der Waals surface area contributed by atoms with E-state index in [4.69, 9.17) is 0 Å². The van der Waals surface area contributed by atoms with Crippen LogP contribution in [-0.4, -0.2) is 37.3 Å². The highest BCUT2D eigenvalue weighted by Gasteiger charge is 2.26. The zero-order valence-corrected chi connectivity index (χ0v) is 18.3. The molecule has 162 valence electrons.